The number of carbonyl (C=O) groups excluding carboxylic acids is 1. The van der Waals surface area contributed by atoms with Gasteiger partial charge in [-0.15, -0.1) is 0 Å². The quantitative estimate of drug-likeness (QED) is 0.706. The molecule has 0 saturated heterocycles. The molecular formula is C16H18F3NO2. The first-order valence-corrected chi connectivity index (χ1v) is 7.07. The third kappa shape index (κ3) is 5.15. The Kier molecular flexibility index (Phi) is 6.57. The van der Waals surface area contributed by atoms with Crippen LogP contribution in [0.3, 0.4) is 0 Å². The number of ether oxygens (including phenoxy) is 1. The van der Waals surface area contributed by atoms with E-state index in [1.807, 2.05) is 6.07 Å². The van der Waals surface area contributed by atoms with E-state index in [-0.39, 0.29) is 11.1 Å². The molecular weight excluding hydrogens is 295 g/mol. The fraction of sp³-hybridized carbons (Fsp3) is 0.500. The summed E-state index contributed by atoms with van der Waals surface area (Å²) in [6.45, 7) is 3.47. The topological polar surface area (TPSA) is 50.1 Å². The van der Waals surface area contributed by atoms with Gasteiger partial charge in [-0.2, -0.15) is 18.4 Å². The van der Waals surface area contributed by atoms with Crippen LogP contribution in [0.5, 0.6) is 0 Å². The van der Waals surface area contributed by atoms with Crippen molar-refractivity contribution in [3.63, 3.8) is 0 Å². The minimum atomic E-state index is -4.61. The van der Waals surface area contributed by atoms with E-state index in [4.69, 9.17) is 10.00 Å². The van der Waals surface area contributed by atoms with Crippen LogP contribution in [-0.2, 0) is 4.74 Å². The Bertz CT molecular complexity index is 545. The van der Waals surface area contributed by atoms with E-state index in [0.29, 0.717) is 12.8 Å². The van der Waals surface area contributed by atoms with E-state index in [9.17, 15) is 18.0 Å². The number of alkyl halides is 3. The maximum Gasteiger partial charge on any atom is 0.415 e. The molecule has 120 valence electrons. The molecule has 0 aliphatic heterocycles. The van der Waals surface area contributed by atoms with Gasteiger partial charge in [0, 0.05) is 12.0 Å². The second-order valence-corrected chi connectivity index (χ2v) is 4.92. The summed E-state index contributed by atoms with van der Waals surface area (Å²) >= 11 is 0. The summed E-state index contributed by atoms with van der Waals surface area (Å²) in [5.74, 6) is -0.689. The van der Waals surface area contributed by atoms with E-state index < -0.39 is 30.6 Å². The number of benzene rings is 1. The molecule has 1 aromatic carbocycles. The van der Waals surface area contributed by atoms with Crippen molar-refractivity contribution in [1.29, 1.82) is 5.26 Å². The fourth-order valence-corrected chi connectivity index (χ4v) is 2.00. The molecule has 0 radical (unpaired) electrons. The summed E-state index contributed by atoms with van der Waals surface area (Å²) in [5, 5.41) is 8.77. The fourth-order valence-electron chi connectivity index (χ4n) is 2.00. The third-order valence-corrected chi connectivity index (χ3v) is 3.32. The zero-order chi connectivity index (χ0) is 16.8. The van der Waals surface area contributed by atoms with Crippen LogP contribution >= 0.6 is 0 Å². The van der Waals surface area contributed by atoms with Crippen LogP contribution < -0.4 is 0 Å². The van der Waals surface area contributed by atoms with Crippen molar-refractivity contribution >= 4 is 5.78 Å². The Hall–Kier alpha value is -1.87. The smallest absolute Gasteiger partial charge is 0.365 e. The molecule has 0 amide bonds. The minimum Gasteiger partial charge on any atom is -0.365 e. The van der Waals surface area contributed by atoms with Gasteiger partial charge in [0.2, 0.25) is 0 Å². The van der Waals surface area contributed by atoms with E-state index in [1.54, 1.807) is 13.8 Å². The monoisotopic (exact) mass is 313 g/mol. The number of ketones is 1. The van der Waals surface area contributed by atoms with Crippen LogP contribution in [0, 0.1) is 11.3 Å². The zero-order valence-corrected chi connectivity index (χ0v) is 12.5. The molecule has 1 unspecified atom stereocenters. The molecule has 0 N–H and O–H groups in total. The van der Waals surface area contributed by atoms with Crippen LogP contribution in [0.4, 0.5) is 13.2 Å². The summed E-state index contributed by atoms with van der Waals surface area (Å²) in [6, 6.07) is 7.48. The Morgan fingerprint density at radius 2 is 1.95 bits per heavy atom. The SMILES string of the molecule is CCC(CC)OC(CC(=O)c1cccc(C#N)c1)C(F)(F)F. The molecule has 0 fully saturated rings. The molecule has 22 heavy (non-hydrogen) atoms. The third-order valence-electron chi connectivity index (χ3n) is 3.32. The number of nitrogens with zero attached hydrogens (tertiary/aromatic N) is 1. The summed E-state index contributed by atoms with van der Waals surface area (Å²) < 4.78 is 44.2. The Balaban J connectivity index is 2.89. The highest BCUT2D eigenvalue weighted by molar-refractivity contribution is 5.96. The molecule has 0 aliphatic rings. The largest absolute Gasteiger partial charge is 0.415 e. The first-order chi connectivity index (χ1) is 10.3. The van der Waals surface area contributed by atoms with E-state index in [0.717, 1.165) is 0 Å². The normalized spacial score (nSPS) is 13.0. The molecule has 6 heteroatoms. The summed E-state index contributed by atoms with van der Waals surface area (Å²) in [7, 11) is 0. The molecule has 0 aliphatic carbocycles. The van der Waals surface area contributed by atoms with Crippen molar-refractivity contribution in [3.8, 4) is 6.07 Å². The number of carbonyl (C=O) groups is 1. The maximum absolute atomic E-state index is 13.0. The predicted octanol–water partition coefficient (Wildman–Crippen LogP) is 4.27. The van der Waals surface area contributed by atoms with Gasteiger partial charge in [0.1, 0.15) is 0 Å². The highest BCUT2D eigenvalue weighted by Gasteiger charge is 2.43. The van der Waals surface area contributed by atoms with Crippen LogP contribution in [-0.4, -0.2) is 24.2 Å². The van der Waals surface area contributed by atoms with Crippen LogP contribution in [0.2, 0.25) is 0 Å². The molecule has 0 saturated carbocycles. The van der Waals surface area contributed by atoms with Crippen molar-refractivity contribution in [2.45, 2.75) is 51.5 Å². The van der Waals surface area contributed by atoms with E-state index >= 15 is 0 Å². The number of Topliss-reactive ketones (excluding diaryl/α,β-unsaturated/α-hetero) is 1. The van der Waals surface area contributed by atoms with Gasteiger partial charge in [-0.1, -0.05) is 26.0 Å². The first kappa shape index (κ1) is 18.2. The molecule has 0 bridgehead atoms. The lowest BCUT2D eigenvalue weighted by molar-refractivity contribution is -0.231. The maximum atomic E-state index is 13.0. The molecule has 0 spiro atoms. The average Bonchev–Trinajstić information content (AvgIpc) is 2.50. The zero-order valence-electron chi connectivity index (χ0n) is 12.5. The van der Waals surface area contributed by atoms with Crippen LogP contribution in [0.25, 0.3) is 0 Å². The Labute approximate surface area is 127 Å². The van der Waals surface area contributed by atoms with Gasteiger partial charge in [0.25, 0.3) is 0 Å². The van der Waals surface area contributed by atoms with Gasteiger partial charge in [0.15, 0.2) is 11.9 Å². The molecule has 0 heterocycles. The van der Waals surface area contributed by atoms with Gasteiger partial charge < -0.3 is 4.74 Å². The molecule has 0 aromatic heterocycles. The van der Waals surface area contributed by atoms with Crippen molar-refractivity contribution in [2.24, 2.45) is 0 Å². The standard InChI is InChI=1S/C16H18F3NO2/c1-3-13(4-2)22-15(16(17,18)19)9-14(21)12-7-5-6-11(8-12)10-20/h5-8,13,15H,3-4,9H2,1-2H3. The summed E-state index contributed by atoms with van der Waals surface area (Å²) in [4.78, 5) is 12.0. The number of rotatable bonds is 7. The lowest BCUT2D eigenvalue weighted by Gasteiger charge is -2.25. The molecule has 3 nitrogen and oxygen atoms in total. The van der Waals surface area contributed by atoms with Crippen LogP contribution in [0.15, 0.2) is 24.3 Å². The number of halogens is 3. The van der Waals surface area contributed by atoms with Gasteiger partial charge in [-0.25, -0.2) is 0 Å². The van der Waals surface area contributed by atoms with Crippen LogP contribution in [0.1, 0.15) is 49.0 Å². The van der Waals surface area contributed by atoms with Gasteiger partial charge in [0.05, 0.1) is 17.7 Å². The Morgan fingerprint density at radius 3 is 2.45 bits per heavy atom. The summed E-state index contributed by atoms with van der Waals surface area (Å²) in [5.41, 5.74) is 0.316. The predicted molar refractivity (Wildman–Crippen MR) is 75.4 cm³/mol. The second-order valence-electron chi connectivity index (χ2n) is 4.92. The second kappa shape index (κ2) is 7.95. The molecule has 1 aromatic rings. The number of hydrogen-bond donors (Lipinski definition) is 0. The van der Waals surface area contributed by atoms with E-state index in [2.05, 4.69) is 0 Å². The number of nitriles is 1. The van der Waals surface area contributed by atoms with Crippen molar-refractivity contribution in [3.05, 3.63) is 35.4 Å². The van der Waals surface area contributed by atoms with Gasteiger partial charge >= 0.3 is 6.18 Å². The first-order valence-electron chi connectivity index (χ1n) is 7.07. The van der Waals surface area contributed by atoms with E-state index in [1.165, 1.54) is 24.3 Å². The Morgan fingerprint density at radius 1 is 1.32 bits per heavy atom. The van der Waals surface area contributed by atoms with Crippen molar-refractivity contribution in [1.82, 2.24) is 0 Å². The average molecular weight is 313 g/mol. The number of hydrogen-bond acceptors (Lipinski definition) is 3. The molecule has 1 atom stereocenters. The lowest BCUT2D eigenvalue weighted by atomic mass is 10.0. The highest BCUT2D eigenvalue weighted by Crippen LogP contribution is 2.28. The van der Waals surface area contributed by atoms with Crippen molar-refractivity contribution in [2.75, 3.05) is 0 Å². The van der Waals surface area contributed by atoms with Gasteiger partial charge in [-0.3, -0.25) is 4.79 Å². The van der Waals surface area contributed by atoms with Crippen molar-refractivity contribution < 1.29 is 22.7 Å². The highest BCUT2D eigenvalue weighted by atomic mass is 19.4. The minimum absolute atomic E-state index is 0.0847. The molecule has 1 rings (SSSR count). The van der Waals surface area contributed by atoms with Gasteiger partial charge in [-0.05, 0) is 25.0 Å². The summed E-state index contributed by atoms with van der Waals surface area (Å²) in [6.07, 6.45) is -7.16. The lowest BCUT2D eigenvalue weighted by Crippen LogP contribution is -2.37.